The summed E-state index contributed by atoms with van der Waals surface area (Å²) in [6.45, 7) is 8.08. The summed E-state index contributed by atoms with van der Waals surface area (Å²) in [5.74, 6) is 0.763. The standard InChI is InChI=1S/C16H25ClN2O/c1-12-8-13(2)19(11-12)15-5-4-14(16(17)9-15)10-18-6-7-20-3/h4-5,9,12-13,18H,6-8,10-11H2,1-3H3. The van der Waals surface area contributed by atoms with Crippen molar-refractivity contribution < 1.29 is 4.74 Å². The molecule has 3 nitrogen and oxygen atoms in total. The van der Waals surface area contributed by atoms with Crippen molar-refractivity contribution in [2.24, 2.45) is 5.92 Å². The average molecular weight is 297 g/mol. The molecule has 1 fully saturated rings. The van der Waals surface area contributed by atoms with Crippen LogP contribution in [0.5, 0.6) is 0 Å². The summed E-state index contributed by atoms with van der Waals surface area (Å²) in [6, 6.07) is 7.02. The molecule has 2 atom stereocenters. The summed E-state index contributed by atoms with van der Waals surface area (Å²) in [4.78, 5) is 2.46. The van der Waals surface area contributed by atoms with Gasteiger partial charge in [-0.05, 0) is 37.0 Å². The molecule has 2 rings (SSSR count). The van der Waals surface area contributed by atoms with Crippen LogP contribution in [0.15, 0.2) is 18.2 Å². The van der Waals surface area contributed by atoms with Crippen molar-refractivity contribution in [3.8, 4) is 0 Å². The Morgan fingerprint density at radius 1 is 1.40 bits per heavy atom. The van der Waals surface area contributed by atoms with E-state index in [1.807, 2.05) is 0 Å². The first-order chi connectivity index (χ1) is 9.61. The average Bonchev–Trinajstić information content (AvgIpc) is 2.75. The Morgan fingerprint density at radius 2 is 2.20 bits per heavy atom. The van der Waals surface area contributed by atoms with Crippen LogP contribution in [0, 0.1) is 5.92 Å². The molecule has 1 saturated heterocycles. The van der Waals surface area contributed by atoms with Crippen LogP contribution in [0.4, 0.5) is 5.69 Å². The molecule has 1 aliphatic heterocycles. The van der Waals surface area contributed by atoms with Gasteiger partial charge in [0.1, 0.15) is 0 Å². The lowest BCUT2D eigenvalue weighted by Gasteiger charge is -2.24. The molecule has 1 heterocycles. The quantitative estimate of drug-likeness (QED) is 0.815. The van der Waals surface area contributed by atoms with E-state index in [2.05, 4.69) is 42.3 Å². The molecule has 0 bridgehead atoms. The number of hydrogen-bond donors (Lipinski definition) is 1. The molecule has 112 valence electrons. The topological polar surface area (TPSA) is 24.5 Å². The van der Waals surface area contributed by atoms with Crippen molar-refractivity contribution in [3.63, 3.8) is 0 Å². The first-order valence-electron chi connectivity index (χ1n) is 7.36. The van der Waals surface area contributed by atoms with Gasteiger partial charge in [-0.2, -0.15) is 0 Å². The second-order valence-corrected chi connectivity index (χ2v) is 6.19. The number of rotatable bonds is 6. The van der Waals surface area contributed by atoms with Gasteiger partial charge in [-0.15, -0.1) is 0 Å². The van der Waals surface area contributed by atoms with Crippen molar-refractivity contribution in [3.05, 3.63) is 28.8 Å². The van der Waals surface area contributed by atoms with E-state index in [0.29, 0.717) is 6.04 Å². The molecular formula is C16H25ClN2O. The highest BCUT2D eigenvalue weighted by Gasteiger charge is 2.26. The molecule has 0 aliphatic carbocycles. The van der Waals surface area contributed by atoms with Gasteiger partial charge in [-0.1, -0.05) is 24.6 Å². The zero-order chi connectivity index (χ0) is 14.5. The predicted octanol–water partition coefficient (Wildman–Crippen LogP) is 3.31. The van der Waals surface area contributed by atoms with E-state index in [-0.39, 0.29) is 0 Å². The van der Waals surface area contributed by atoms with Crippen LogP contribution >= 0.6 is 11.6 Å². The molecule has 0 amide bonds. The van der Waals surface area contributed by atoms with Gasteiger partial charge in [0.05, 0.1) is 6.61 Å². The minimum atomic E-state index is 0.603. The third-order valence-corrected chi connectivity index (χ3v) is 4.30. The molecular weight excluding hydrogens is 272 g/mol. The predicted molar refractivity (Wildman–Crippen MR) is 85.6 cm³/mol. The molecule has 2 unspecified atom stereocenters. The number of nitrogens with zero attached hydrogens (tertiary/aromatic N) is 1. The van der Waals surface area contributed by atoms with E-state index in [0.717, 1.165) is 42.7 Å². The number of methoxy groups -OCH3 is 1. The third-order valence-electron chi connectivity index (χ3n) is 3.95. The SMILES string of the molecule is COCCNCc1ccc(N2CC(C)CC2C)cc1Cl. The van der Waals surface area contributed by atoms with Gasteiger partial charge in [0.15, 0.2) is 0 Å². The highest BCUT2D eigenvalue weighted by atomic mass is 35.5. The van der Waals surface area contributed by atoms with E-state index in [1.54, 1.807) is 7.11 Å². The van der Waals surface area contributed by atoms with Crippen molar-refractivity contribution in [2.75, 3.05) is 31.7 Å². The molecule has 1 N–H and O–H groups in total. The van der Waals surface area contributed by atoms with Gasteiger partial charge in [0, 0.05) is 43.5 Å². The molecule has 0 spiro atoms. The Labute approximate surface area is 127 Å². The molecule has 4 heteroatoms. The Morgan fingerprint density at radius 3 is 2.80 bits per heavy atom. The summed E-state index contributed by atoms with van der Waals surface area (Å²) in [6.07, 6.45) is 1.26. The third kappa shape index (κ3) is 3.87. The lowest BCUT2D eigenvalue weighted by Crippen LogP contribution is -2.26. The maximum Gasteiger partial charge on any atom is 0.0587 e. The van der Waals surface area contributed by atoms with Crippen LogP contribution in [-0.2, 0) is 11.3 Å². The fourth-order valence-electron chi connectivity index (χ4n) is 2.92. The smallest absolute Gasteiger partial charge is 0.0587 e. The van der Waals surface area contributed by atoms with Crippen LogP contribution in [-0.4, -0.2) is 32.8 Å². The largest absolute Gasteiger partial charge is 0.383 e. The van der Waals surface area contributed by atoms with E-state index in [1.165, 1.54) is 12.1 Å². The van der Waals surface area contributed by atoms with E-state index >= 15 is 0 Å². The molecule has 1 aromatic carbocycles. The van der Waals surface area contributed by atoms with Crippen molar-refractivity contribution in [1.29, 1.82) is 0 Å². The first-order valence-corrected chi connectivity index (χ1v) is 7.74. The number of hydrogen-bond acceptors (Lipinski definition) is 3. The lowest BCUT2D eigenvalue weighted by atomic mass is 10.1. The van der Waals surface area contributed by atoms with Gasteiger partial charge in [-0.25, -0.2) is 0 Å². The number of nitrogens with one attached hydrogen (secondary N) is 1. The van der Waals surface area contributed by atoms with Crippen LogP contribution in [0.3, 0.4) is 0 Å². The van der Waals surface area contributed by atoms with Crippen LogP contribution in [0.25, 0.3) is 0 Å². The summed E-state index contributed by atoms with van der Waals surface area (Å²) in [7, 11) is 1.71. The van der Waals surface area contributed by atoms with Gasteiger partial charge < -0.3 is 15.0 Å². The molecule has 0 aromatic heterocycles. The van der Waals surface area contributed by atoms with Gasteiger partial charge >= 0.3 is 0 Å². The highest BCUT2D eigenvalue weighted by Crippen LogP contribution is 2.31. The highest BCUT2D eigenvalue weighted by molar-refractivity contribution is 6.31. The van der Waals surface area contributed by atoms with Crippen molar-refractivity contribution in [1.82, 2.24) is 5.32 Å². The summed E-state index contributed by atoms with van der Waals surface area (Å²) >= 11 is 6.41. The van der Waals surface area contributed by atoms with Crippen molar-refractivity contribution >= 4 is 17.3 Å². The second-order valence-electron chi connectivity index (χ2n) is 5.79. The lowest BCUT2D eigenvalue weighted by molar-refractivity contribution is 0.199. The molecule has 1 aliphatic rings. The zero-order valence-corrected chi connectivity index (χ0v) is 13.4. The monoisotopic (exact) mass is 296 g/mol. The molecule has 20 heavy (non-hydrogen) atoms. The van der Waals surface area contributed by atoms with Crippen LogP contribution < -0.4 is 10.2 Å². The summed E-state index contributed by atoms with van der Waals surface area (Å²) < 4.78 is 5.02. The number of halogens is 1. The number of ether oxygens (including phenoxy) is 1. The maximum absolute atomic E-state index is 6.41. The fraction of sp³-hybridized carbons (Fsp3) is 0.625. The van der Waals surface area contributed by atoms with E-state index in [9.17, 15) is 0 Å². The molecule has 0 saturated carbocycles. The molecule has 0 radical (unpaired) electrons. The maximum atomic E-state index is 6.41. The zero-order valence-electron chi connectivity index (χ0n) is 12.7. The summed E-state index contributed by atoms with van der Waals surface area (Å²) in [5.41, 5.74) is 2.39. The normalized spacial score (nSPS) is 22.5. The van der Waals surface area contributed by atoms with Crippen LogP contribution in [0.2, 0.25) is 5.02 Å². The number of anilines is 1. The van der Waals surface area contributed by atoms with Crippen molar-refractivity contribution in [2.45, 2.75) is 32.9 Å². The minimum Gasteiger partial charge on any atom is -0.383 e. The van der Waals surface area contributed by atoms with E-state index in [4.69, 9.17) is 16.3 Å². The Kier molecular flexibility index (Phi) is 5.70. The number of benzene rings is 1. The minimum absolute atomic E-state index is 0.603. The Bertz CT molecular complexity index is 438. The van der Waals surface area contributed by atoms with Gasteiger partial charge in [-0.3, -0.25) is 0 Å². The molecule has 1 aromatic rings. The fourth-order valence-corrected chi connectivity index (χ4v) is 3.16. The second kappa shape index (κ2) is 7.30. The summed E-state index contributed by atoms with van der Waals surface area (Å²) in [5, 5.41) is 4.17. The van der Waals surface area contributed by atoms with E-state index < -0.39 is 0 Å². The van der Waals surface area contributed by atoms with Crippen LogP contribution in [0.1, 0.15) is 25.8 Å². The Balaban J connectivity index is 1.98. The van der Waals surface area contributed by atoms with Gasteiger partial charge in [0.2, 0.25) is 0 Å². The van der Waals surface area contributed by atoms with Gasteiger partial charge in [0.25, 0.3) is 0 Å². The Hall–Kier alpha value is -0.770. The first kappa shape index (κ1) is 15.6.